The number of carbonyl (C=O) groups is 1. The fourth-order valence-electron chi connectivity index (χ4n) is 4.68. The van der Waals surface area contributed by atoms with E-state index in [1.165, 1.54) is 0 Å². The lowest BCUT2D eigenvalue weighted by Crippen LogP contribution is -2.30. The first-order valence-electron chi connectivity index (χ1n) is 14.1. The minimum atomic E-state index is -4.24. The second-order valence-electron chi connectivity index (χ2n) is 10.3. The van der Waals surface area contributed by atoms with E-state index in [1.807, 2.05) is 35.1 Å². The van der Waals surface area contributed by atoms with Crippen LogP contribution in [0.2, 0.25) is 5.02 Å². The SMILES string of the molecule is N#Cc1cccc(OCc2ccc(CCC(=O)NS(=O)(=O)c3ccc(F)c(Cl)c3)c(OCCc3ccc4ccccc4c3)c2)c1. The molecule has 228 valence electrons. The molecule has 0 saturated carbocycles. The molecule has 5 rings (SSSR count). The number of aryl methyl sites for hydroxylation is 1. The highest BCUT2D eigenvalue weighted by molar-refractivity contribution is 7.90. The van der Waals surface area contributed by atoms with Crippen LogP contribution in [0, 0.1) is 17.1 Å². The molecule has 0 radical (unpaired) electrons. The Hall–Kier alpha value is -4.91. The van der Waals surface area contributed by atoms with E-state index in [4.69, 9.17) is 26.3 Å². The Morgan fingerprint density at radius 3 is 2.44 bits per heavy atom. The lowest BCUT2D eigenvalue weighted by atomic mass is 10.0. The van der Waals surface area contributed by atoms with Crippen molar-refractivity contribution in [1.29, 1.82) is 5.26 Å². The highest BCUT2D eigenvalue weighted by atomic mass is 35.5. The number of carbonyl (C=O) groups excluding carboxylic acids is 1. The van der Waals surface area contributed by atoms with Gasteiger partial charge in [-0.15, -0.1) is 0 Å². The zero-order valence-electron chi connectivity index (χ0n) is 24.0. The maximum absolute atomic E-state index is 13.5. The van der Waals surface area contributed by atoms with Crippen molar-refractivity contribution in [3.8, 4) is 17.6 Å². The maximum Gasteiger partial charge on any atom is 0.264 e. The molecule has 0 unspecified atom stereocenters. The largest absolute Gasteiger partial charge is 0.493 e. The first-order valence-corrected chi connectivity index (χ1v) is 15.9. The standard InChI is InChI=1S/C35H28ClFN2O5S/c36-32-21-31(13-14-33(32)37)45(41,42)39-35(40)15-12-28-11-9-26(23-44-30-7-3-4-25(19-30)22-38)20-34(28)43-17-16-24-8-10-27-5-1-2-6-29(27)18-24/h1-11,13-14,18-21H,12,15-17,23H2,(H,39,40). The van der Waals surface area contributed by atoms with E-state index in [0.29, 0.717) is 35.7 Å². The van der Waals surface area contributed by atoms with Gasteiger partial charge in [-0.25, -0.2) is 17.5 Å². The van der Waals surface area contributed by atoms with Gasteiger partial charge in [0.1, 0.15) is 23.9 Å². The molecule has 0 aromatic heterocycles. The second-order valence-corrected chi connectivity index (χ2v) is 12.3. The Kier molecular flexibility index (Phi) is 9.98. The fraction of sp³-hybridized carbons (Fsp3) is 0.143. The smallest absolute Gasteiger partial charge is 0.264 e. The topological polar surface area (TPSA) is 105 Å². The summed E-state index contributed by atoms with van der Waals surface area (Å²) in [6.07, 6.45) is 0.694. The third-order valence-corrected chi connectivity index (χ3v) is 8.69. The Bertz CT molecular complexity index is 2010. The number of benzene rings is 5. The van der Waals surface area contributed by atoms with Crippen LogP contribution in [0.25, 0.3) is 10.8 Å². The van der Waals surface area contributed by atoms with Gasteiger partial charge in [0.2, 0.25) is 5.91 Å². The van der Waals surface area contributed by atoms with Gasteiger partial charge in [-0.2, -0.15) is 5.26 Å². The molecule has 5 aromatic rings. The molecule has 5 aromatic carbocycles. The van der Waals surface area contributed by atoms with E-state index in [1.54, 1.807) is 24.3 Å². The van der Waals surface area contributed by atoms with E-state index < -0.39 is 21.7 Å². The Balaban J connectivity index is 1.28. The quantitative estimate of drug-likeness (QED) is 0.155. The third-order valence-electron chi connectivity index (χ3n) is 7.03. The van der Waals surface area contributed by atoms with Gasteiger partial charge in [0.25, 0.3) is 10.0 Å². The van der Waals surface area contributed by atoms with E-state index in [0.717, 1.165) is 40.1 Å². The monoisotopic (exact) mass is 642 g/mol. The summed E-state index contributed by atoms with van der Waals surface area (Å²) in [4.78, 5) is 12.4. The first kappa shape index (κ1) is 31.5. The predicted molar refractivity (Wildman–Crippen MR) is 170 cm³/mol. The summed E-state index contributed by atoms with van der Waals surface area (Å²) in [6, 6.07) is 31.7. The number of amides is 1. The molecule has 1 N–H and O–H groups in total. The van der Waals surface area contributed by atoms with Crippen molar-refractivity contribution in [3.05, 3.63) is 136 Å². The molecule has 0 aliphatic carbocycles. The predicted octanol–water partition coefficient (Wildman–Crippen LogP) is 7.14. The van der Waals surface area contributed by atoms with Gasteiger partial charge in [0.15, 0.2) is 0 Å². The summed E-state index contributed by atoms with van der Waals surface area (Å²) in [7, 11) is -4.24. The van der Waals surface area contributed by atoms with Gasteiger partial charge >= 0.3 is 0 Å². The Labute approximate surface area is 265 Å². The molecule has 0 aliphatic rings. The van der Waals surface area contributed by atoms with Crippen molar-refractivity contribution in [2.24, 2.45) is 0 Å². The zero-order valence-corrected chi connectivity index (χ0v) is 25.6. The van der Waals surface area contributed by atoms with Crippen molar-refractivity contribution in [1.82, 2.24) is 4.72 Å². The molecule has 0 heterocycles. The van der Waals surface area contributed by atoms with Gasteiger partial charge in [0, 0.05) is 12.8 Å². The molecule has 1 amide bonds. The minimum absolute atomic E-state index is 0.147. The first-order chi connectivity index (χ1) is 21.7. The lowest BCUT2D eigenvalue weighted by molar-refractivity contribution is -0.119. The summed E-state index contributed by atoms with van der Waals surface area (Å²) in [5.41, 5.74) is 3.11. The fourth-order valence-corrected chi connectivity index (χ4v) is 5.96. The van der Waals surface area contributed by atoms with Crippen LogP contribution in [0.15, 0.2) is 108 Å². The van der Waals surface area contributed by atoms with Crippen molar-refractivity contribution in [3.63, 3.8) is 0 Å². The van der Waals surface area contributed by atoms with E-state index in [-0.39, 0.29) is 29.4 Å². The van der Waals surface area contributed by atoms with Crippen molar-refractivity contribution in [2.45, 2.75) is 30.8 Å². The molecule has 10 heteroatoms. The number of sulfonamides is 1. The van der Waals surface area contributed by atoms with Crippen LogP contribution in [-0.2, 0) is 34.3 Å². The Morgan fingerprint density at radius 1 is 0.844 bits per heavy atom. The van der Waals surface area contributed by atoms with Crippen molar-refractivity contribution in [2.75, 3.05) is 6.61 Å². The summed E-state index contributed by atoms with van der Waals surface area (Å²) < 4.78 is 52.9. The average molecular weight is 643 g/mol. The van der Waals surface area contributed by atoms with Crippen LogP contribution in [0.5, 0.6) is 11.5 Å². The second kappa shape index (κ2) is 14.2. The molecule has 0 atom stereocenters. The van der Waals surface area contributed by atoms with Crippen LogP contribution in [0.4, 0.5) is 4.39 Å². The highest BCUT2D eigenvalue weighted by Gasteiger charge is 2.19. The molecule has 0 bridgehead atoms. The van der Waals surface area contributed by atoms with Crippen molar-refractivity contribution >= 4 is 38.3 Å². The van der Waals surface area contributed by atoms with Gasteiger partial charge < -0.3 is 9.47 Å². The van der Waals surface area contributed by atoms with Crippen LogP contribution in [-0.4, -0.2) is 20.9 Å². The van der Waals surface area contributed by atoms with Crippen LogP contribution in [0.1, 0.15) is 28.7 Å². The molecule has 7 nitrogen and oxygen atoms in total. The minimum Gasteiger partial charge on any atom is -0.493 e. The average Bonchev–Trinajstić information content (AvgIpc) is 3.04. The van der Waals surface area contributed by atoms with Gasteiger partial charge in [-0.1, -0.05) is 72.3 Å². The van der Waals surface area contributed by atoms with Crippen LogP contribution in [0.3, 0.4) is 0 Å². The van der Waals surface area contributed by atoms with E-state index in [2.05, 4.69) is 36.4 Å². The number of halogens is 2. The van der Waals surface area contributed by atoms with Gasteiger partial charge in [-0.05, 0) is 76.3 Å². The molecule has 0 aliphatic heterocycles. The van der Waals surface area contributed by atoms with Gasteiger partial charge in [-0.3, -0.25) is 4.79 Å². The lowest BCUT2D eigenvalue weighted by Gasteiger charge is -2.15. The summed E-state index contributed by atoms with van der Waals surface area (Å²) in [5, 5.41) is 11.1. The summed E-state index contributed by atoms with van der Waals surface area (Å²) in [5.74, 6) is -0.400. The number of hydrogen-bond donors (Lipinski definition) is 1. The molecule has 0 fully saturated rings. The third kappa shape index (κ3) is 8.38. The molecule has 45 heavy (non-hydrogen) atoms. The molecular weight excluding hydrogens is 615 g/mol. The van der Waals surface area contributed by atoms with Gasteiger partial charge in [0.05, 0.1) is 28.2 Å². The number of hydrogen-bond acceptors (Lipinski definition) is 6. The summed E-state index contributed by atoms with van der Waals surface area (Å²) in [6.45, 7) is 0.584. The Morgan fingerprint density at radius 2 is 1.64 bits per heavy atom. The number of fused-ring (bicyclic) bond motifs is 1. The van der Waals surface area contributed by atoms with Crippen LogP contribution < -0.4 is 14.2 Å². The van der Waals surface area contributed by atoms with Crippen molar-refractivity contribution < 1.29 is 27.1 Å². The number of nitrogens with zero attached hydrogens (tertiary/aromatic N) is 1. The number of ether oxygens (including phenoxy) is 2. The number of nitrogens with one attached hydrogen (secondary N) is 1. The number of nitriles is 1. The molecule has 0 saturated heterocycles. The van der Waals surface area contributed by atoms with Crippen LogP contribution >= 0.6 is 11.6 Å². The van der Waals surface area contributed by atoms with E-state index >= 15 is 0 Å². The highest BCUT2D eigenvalue weighted by Crippen LogP contribution is 2.25. The maximum atomic E-state index is 13.5. The van der Waals surface area contributed by atoms with E-state index in [9.17, 15) is 17.6 Å². The summed E-state index contributed by atoms with van der Waals surface area (Å²) >= 11 is 5.72. The zero-order chi connectivity index (χ0) is 31.8. The number of rotatable bonds is 12. The molecule has 0 spiro atoms. The normalized spacial score (nSPS) is 11.1. The molecular formula is C35H28ClFN2O5S.